The number of benzene rings is 4. The summed E-state index contributed by atoms with van der Waals surface area (Å²) < 4.78 is 51.9. The number of ether oxygens (including phenoxy) is 2. The Morgan fingerprint density at radius 3 is 2.28 bits per heavy atom. The lowest BCUT2D eigenvalue weighted by Gasteiger charge is -2.13. The molecule has 0 bridgehead atoms. The Morgan fingerprint density at radius 2 is 1.56 bits per heavy atom. The summed E-state index contributed by atoms with van der Waals surface area (Å²) in [6.45, 7) is -0.376. The zero-order valence-corrected chi connectivity index (χ0v) is 20.2. The van der Waals surface area contributed by atoms with Crippen LogP contribution in [0.15, 0.2) is 102 Å². The number of rotatable bonds is 9. The fourth-order valence-corrected chi connectivity index (χ4v) is 4.49. The quantitative estimate of drug-likeness (QED) is 0.275. The van der Waals surface area contributed by atoms with E-state index in [4.69, 9.17) is 21.1 Å². The molecule has 4 aromatic carbocycles. The number of carbonyl (C=O) groups is 1. The first-order valence-electron chi connectivity index (χ1n) is 10.6. The van der Waals surface area contributed by atoms with E-state index in [1.54, 1.807) is 36.4 Å². The Hall–Kier alpha value is -4.08. The van der Waals surface area contributed by atoms with E-state index in [2.05, 4.69) is 10.0 Å². The smallest absolute Gasteiger partial charge is 0.262 e. The van der Waals surface area contributed by atoms with Crippen molar-refractivity contribution in [1.82, 2.24) is 0 Å². The van der Waals surface area contributed by atoms with E-state index >= 15 is 0 Å². The van der Waals surface area contributed by atoms with Crippen LogP contribution in [0.1, 0.15) is 0 Å². The van der Waals surface area contributed by atoms with Crippen molar-refractivity contribution in [3.8, 4) is 17.2 Å². The summed E-state index contributed by atoms with van der Waals surface area (Å²) in [5.41, 5.74) is 0.649. The molecule has 184 valence electrons. The van der Waals surface area contributed by atoms with Crippen molar-refractivity contribution in [2.75, 3.05) is 16.6 Å². The summed E-state index contributed by atoms with van der Waals surface area (Å²) >= 11 is 6.20. The van der Waals surface area contributed by atoms with Crippen LogP contribution in [0.5, 0.6) is 17.2 Å². The van der Waals surface area contributed by atoms with E-state index < -0.39 is 21.7 Å². The molecule has 36 heavy (non-hydrogen) atoms. The first kappa shape index (κ1) is 25.0. The first-order valence-corrected chi connectivity index (χ1v) is 12.5. The van der Waals surface area contributed by atoms with Crippen LogP contribution in [0.2, 0.25) is 5.02 Å². The lowest BCUT2D eigenvalue weighted by Crippen LogP contribution is -2.20. The molecule has 0 aliphatic heterocycles. The van der Waals surface area contributed by atoms with Crippen LogP contribution in [0.25, 0.3) is 0 Å². The van der Waals surface area contributed by atoms with Gasteiger partial charge < -0.3 is 14.8 Å². The lowest BCUT2D eigenvalue weighted by atomic mass is 10.3. The zero-order chi connectivity index (χ0) is 25.5. The molecule has 10 heteroatoms. The minimum Gasteiger partial charge on any atom is -0.482 e. The molecular weight excluding hydrogens is 507 g/mol. The van der Waals surface area contributed by atoms with Gasteiger partial charge in [-0.25, -0.2) is 12.8 Å². The molecule has 7 nitrogen and oxygen atoms in total. The van der Waals surface area contributed by atoms with Gasteiger partial charge in [0.15, 0.2) is 12.4 Å². The molecule has 0 atom stereocenters. The van der Waals surface area contributed by atoms with E-state index in [1.165, 1.54) is 30.3 Å². The molecule has 0 aliphatic carbocycles. The second-order valence-corrected chi connectivity index (χ2v) is 9.54. The van der Waals surface area contributed by atoms with Crippen molar-refractivity contribution < 1.29 is 27.1 Å². The Labute approximate surface area is 212 Å². The average Bonchev–Trinajstić information content (AvgIpc) is 2.86. The van der Waals surface area contributed by atoms with Crippen molar-refractivity contribution in [1.29, 1.82) is 0 Å². The van der Waals surface area contributed by atoms with Gasteiger partial charge in [0.05, 0.1) is 15.6 Å². The van der Waals surface area contributed by atoms with Crippen LogP contribution < -0.4 is 19.5 Å². The Kier molecular flexibility index (Phi) is 7.72. The second kappa shape index (κ2) is 11.1. The zero-order valence-electron chi connectivity index (χ0n) is 18.7. The fraction of sp³-hybridized carbons (Fsp3) is 0.0385. The number of halogens is 2. The molecule has 0 fully saturated rings. The van der Waals surface area contributed by atoms with Gasteiger partial charge in [-0.1, -0.05) is 41.9 Å². The van der Waals surface area contributed by atoms with Crippen molar-refractivity contribution in [3.63, 3.8) is 0 Å². The molecule has 0 saturated carbocycles. The molecular formula is C26H20ClFN2O5S. The molecule has 0 saturated heterocycles. The summed E-state index contributed by atoms with van der Waals surface area (Å²) in [6.07, 6.45) is 0. The molecule has 0 heterocycles. The number of hydrogen-bond donors (Lipinski definition) is 2. The summed E-state index contributed by atoms with van der Waals surface area (Å²) in [4.78, 5) is 12.4. The van der Waals surface area contributed by atoms with E-state index in [1.807, 2.05) is 18.2 Å². The van der Waals surface area contributed by atoms with Crippen LogP contribution in [0.4, 0.5) is 15.8 Å². The number of carbonyl (C=O) groups excluding carboxylic acids is 1. The first-order chi connectivity index (χ1) is 17.3. The van der Waals surface area contributed by atoms with Gasteiger partial charge in [-0.3, -0.25) is 9.52 Å². The summed E-state index contributed by atoms with van der Waals surface area (Å²) in [5, 5.41) is 2.72. The maximum atomic E-state index is 13.1. The third kappa shape index (κ3) is 6.53. The maximum absolute atomic E-state index is 13.1. The minimum absolute atomic E-state index is 0.00223. The largest absolute Gasteiger partial charge is 0.482 e. The molecule has 2 N–H and O–H groups in total. The van der Waals surface area contributed by atoms with Crippen molar-refractivity contribution in [2.45, 2.75) is 4.90 Å². The third-order valence-electron chi connectivity index (χ3n) is 4.80. The van der Waals surface area contributed by atoms with Crippen LogP contribution in [-0.4, -0.2) is 20.9 Å². The summed E-state index contributed by atoms with van der Waals surface area (Å²) in [7, 11) is -3.97. The van der Waals surface area contributed by atoms with Crippen molar-refractivity contribution >= 4 is 38.9 Å². The monoisotopic (exact) mass is 526 g/mol. The standard InChI is InChI=1S/C26H20ClFN2O5S/c27-22-16-21(36(32,33)30-19-12-10-18(28)11-13-19)14-15-24(22)34-17-26(31)29-23-8-4-5-9-25(23)35-20-6-2-1-3-7-20/h1-16,30H,17H2,(H,29,31). The maximum Gasteiger partial charge on any atom is 0.262 e. The van der Waals surface area contributed by atoms with Gasteiger partial charge in [-0.2, -0.15) is 0 Å². The third-order valence-corrected chi connectivity index (χ3v) is 6.48. The topological polar surface area (TPSA) is 93.7 Å². The number of para-hydroxylation sites is 3. The van der Waals surface area contributed by atoms with E-state index in [-0.39, 0.29) is 28.0 Å². The van der Waals surface area contributed by atoms with Crippen molar-refractivity contribution in [3.05, 3.63) is 108 Å². The van der Waals surface area contributed by atoms with Gasteiger partial charge in [0.2, 0.25) is 0 Å². The van der Waals surface area contributed by atoms with Gasteiger partial charge >= 0.3 is 0 Å². The van der Waals surface area contributed by atoms with Crippen LogP contribution in [0, 0.1) is 5.82 Å². The van der Waals surface area contributed by atoms with E-state index in [9.17, 15) is 17.6 Å². The van der Waals surface area contributed by atoms with Crippen LogP contribution >= 0.6 is 11.6 Å². The Bertz CT molecular complexity index is 1470. The lowest BCUT2D eigenvalue weighted by molar-refractivity contribution is -0.118. The number of anilines is 2. The molecule has 0 aliphatic rings. The Morgan fingerprint density at radius 1 is 0.861 bits per heavy atom. The molecule has 4 aromatic rings. The van der Waals surface area contributed by atoms with Gasteiger partial charge in [-0.15, -0.1) is 0 Å². The van der Waals surface area contributed by atoms with E-state index in [0.29, 0.717) is 17.2 Å². The summed E-state index contributed by atoms with van der Waals surface area (Å²) in [6, 6.07) is 24.8. The van der Waals surface area contributed by atoms with E-state index in [0.717, 1.165) is 12.1 Å². The highest BCUT2D eigenvalue weighted by atomic mass is 35.5. The average molecular weight is 527 g/mol. The van der Waals surface area contributed by atoms with Crippen molar-refractivity contribution in [2.24, 2.45) is 0 Å². The second-order valence-electron chi connectivity index (χ2n) is 7.45. The molecule has 4 rings (SSSR count). The normalized spacial score (nSPS) is 10.9. The number of amides is 1. The molecule has 1 amide bonds. The Balaban J connectivity index is 1.38. The number of sulfonamides is 1. The number of hydrogen-bond acceptors (Lipinski definition) is 5. The van der Waals surface area contributed by atoms with Gasteiger partial charge in [0.1, 0.15) is 17.3 Å². The number of nitrogens with one attached hydrogen (secondary N) is 2. The summed E-state index contributed by atoms with van der Waals surface area (Å²) in [5.74, 6) is 0.245. The highest BCUT2D eigenvalue weighted by Gasteiger charge is 2.17. The molecule has 0 unspecified atom stereocenters. The molecule has 0 spiro atoms. The predicted octanol–water partition coefficient (Wildman–Crippen LogP) is 6.09. The fourth-order valence-electron chi connectivity index (χ4n) is 3.10. The van der Waals surface area contributed by atoms with Gasteiger partial charge in [0.25, 0.3) is 15.9 Å². The SMILES string of the molecule is O=C(COc1ccc(S(=O)(=O)Nc2ccc(F)cc2)cc1Cl)Nc1ccccc1Oc1ccccc1. The molecule has 0 aromatic heterocycles. The highest BCUT2D eigenvalue weighted by Crippen LogP contribution is 2.30. The van der Waals surface area contributed by atoms with Gasteiger partial charge in [0, 0.05) is 5.69 Å². The van der Waals surface area contributed by atoms with Gasteiger partial charge in [-0.05, 0) is 66.7 Å². The van der Waals surface area contributed by atoms with Crippen LogP contribution in [0.3, 0.4) is 0 Å². The predicted molar refractivity (Wildman–Crippen MR) is 136 cm³/mol. The highest BCUT2D eigenvalue weighted by molar-refractivity contribution is 7.92. The van der Waals surface area contributed by atoms with Crippen LogP contribution in [-0.2, 0) is 14.8 Å². The minimum atomic E-state index is -3.97. The molecule has 0 radical (unpaired) electrons.